The first kappa shape index (κ1) is 8.33. The van der Waals surface area contributed by atoms with Crippen molar-refractivity contribution in [3.63, 3.8) is 0 Å². The van der Waals surface area contributed by atoms with Crippen molar-refractivity contribution in [2.45, 2.75) is 19.4 Å². The zero-order chi connectivity index (χ0) is 9.15. The summed E-state index contributed by atoms with van der Waals surface area (Å²) in [4.78, 5) is 3.12. The molecule has 3 heteroatoms. The second-order valence-corrected chi connectivity index (χ2v) is 3.69. The molecule has 1 aliphatic carbocycles. The molecule has 1 saturated carbocycles. The molecule has 68 valence electrons. The lowest BCUT2D eigenvalue weighted by atomic mass is 10.1. The van der Waals surface area contributed by atoms with Crippen LogP contribution < -0.4 is 5.32 Å². The number of nitrogens with one attached hydrogen (secondary N) is 2. The zero-order valence-corrected chi connectivity index (χ0v) is 7.51. The van der Waals surface area contributed by atoms with Crippen LogP contribution in [0.1, 0.15) is 18.5 Å². The van der Waals surface area contributed by atoms with E-state index in [4.69, 9.17) is 5.26 Å². The fraction of sp³-hybridized carbons (Fsp3) is 0.500. The molecule has 0 bridgehead atoms. The summed E-state index contributed by atoms with van der Waals surface area (Å²) in [6.45, 7) is 1.65. The average Bonchev–Trinajstić information content (AvgIpc) is 2.74. The van der Waals surface area contributed by atoms with Crippen molar-refractivity contribution < 1.29 is 0 Å². The maximum absolute atomic E-state index is 8.82. The van der Waals surface area contributed by atoms with Gasteiger partial charge >= 0.3 is 0 Å². The van der Waals surface area contributed by atoms with Gasteiger partial charge in [-0.15, -0.1) is 0 Å². The Labute approximate surface area is 77.8 Å². The average molecular weight is 175 g/mol. The monoisotopic (exact) mass is 175 g/mol. The van der Waals surface area contributed by atoms with Crippen molar-refractivity contribution in [1.29, 1.82) is 5.26 Å². The van der Waals surface area contributed by atoms with E-state index in [2.05, 4.69) is 16.4 Å². The SMILES string of the molecule is N#CC1(CNCc2ccc[nH]2)CC1. The van der Waals surface area contributed by atoms with Crippen molar-refractivity contribution in [2.24, 2.45) is 5.41 Å². The zero-order valence-electron chi connectivity index (χ0n) is 7.51. The summed E-state index contributed by atoms with van der Waals surface area (Å²) >= 11 is 0. The molecule has 1 aromatic heterocycles. The first-order valence-corrected chi connectivity index (χ1v) is 4.59. The van der Waals surface area contributed by atoms with Crippen LogP contribution in [0.2, 0.25) is 0 Å². The van der Waals surface area contributed by atoms with Crippen LogP contribution in [0.15, 0.2) is 18.3 Å². The van der Waals surface area contributed by atoms with Gasteiger partial charge in [0.1, 0.15) is 0 Å². The molecule has 2 rings (SSSR count). The van der Waals surface area contributed by atoms with Crippen molar-refractivity contribution in [2.75, 3.05) is 6.54 Å². The number of hydrogen-bond donors (Lipinski definition) is 2. The second kappa shape index (κ2) is 3.23. The molecule has 1 fully saturated rings. The van der Waals surface area contributed by atoms with E-state index in [1.54, 1.807) is 0 Å². The van der Waals surface area contributed by atoms with Gasteiger partial charge in [0.25, 0.3) is 0 Å². The van der Waals surface area contributed by atoms with Gasteiger partial charge in [0.2, 0.25) is 0 Å². The van der Waals surface area contributed by atoms with Gasteiger partial charge in [-0.25, -0.2) is 0 Å². The smallest absolute Gasteiger partial charge is 0.0703 e. The van der Waals surface area contributed by atoms with E-state index in [-0.39, 0.29) is 5.41 Å². The van der Waals surface area contributed by atoms with Crippen LogP contribution in [0.25, 0.3) is 0 Å². The lowest BCUT2D eigenvalue weighted by molar-refractivity contribution is 0.554. The largest absolute Gasteiger partial charge is 0.364 e. The maximum atomic E-state index is 8.82. The van der Waals surface area contributed by atoms with Gasteiger partial charge in [-0.1, -0.05) is 0 Å². The molecule has 0 amide bonds. The minimum Gasteiger partial charge on any atom is -0.364 e. The van der Waals surface area contributed by atoms with E-state index >= 15 is 0 Å². The number of aromatic nitrogens is 1. The molecule has 1 aliphatic rings. The molecule has 13 heavy (non-hydrogen) atoms. The Hall–Kier alpha value is -1.27. The van der Waals surface area contributed by atoms with E-state index in [1.807, 2.05) is 18.3 Å². The number of hydrogen-bond acceptors (Lipinski definition) is 2. The van der Waals surface area contributed by atoms with E-state index in [0.717, 1.165) is 25.9 Å². The molecule has 1 aromatic rings. The highest BCUT2D eigenvalue weighted by atomic mass is 14.9. The quantitative estimate of drug-likeness (QED) is 0.727. The van der Waals surface area contributed by atoms with Crippen LogP contribution in [-0.2, 0) is 6.54 Å². The summed E-state index contributed by atoms with van der Waals surface area (Å²) in [5.74, 6) is 0. The summed E-state index contributed by atoms with van der Waals surface area (Å²) in [6, 6.07) is 6.38. The summed E-state index contributed by atoms with van der Waals surface area (Å²) < 4.78 is 0. The third-order valence-corrected chi connectivity index (χ3v) is 2.53. The van der Waals surface area contributed by atoms with Crippen LogP contribution in [0.5, 0.6) is 0 Å². The maximum Gasteiger partial charge on any atom is 0.0703 e. The highest BCUT2D eigenvalue weighted by Crippen LogP contribution is 2.43. The molecular formula is C10H13N3. The summed E-state index contributed by atoms with van der Waals surface area (Å²) in [5.41, 5.74) is 1.14. The van der Waals surface area contributed by atoms with Crippen molar-refractivity contribution in [1.82, 2.24) is 10.3 Å². The summed E-state index contributed by atoms with van der Waals surface area (Å²) in [7, 11) is 0. The predicted molar refractivity (Wildman–Crippen MR) is 49.8 cm³/mol. The summed E-state index contributed by atoms with van der Waals surface area (Å²) in [5, 5.41) is 12.1. The van der Waals surface area contributed by atoms with Crippen molar-refractivity contribution in [3.05, 3.63) is 24.0 Å². The van der Waals surface area contributed by atoms with Gasteiger partial charge in [0.05, 0.1) is 11.5 Å². The lowest BCUT2D eigenvalue weighted by Crippen LogP contribution is -2.22. The van der Waals surface area contributed by atoms with Gasteiger partial charge in [-0.3, -0.25) is 0 Å². The fourth-order valence-corrected chi connectivity index (χ4v) is 1.39. The number of H-pyrrole nitrogens is 1. The van der Waals surface area contributed by atoms with Crippen LogP contribution in [0, 0.1) is 16.7 Å². The van der Waals surface area contributed by atoms with Crippen LogP contribution in [0.3, 0.4) is 0 Å². The normalized spacial score (nSPS) is 18.1. The number of rotatable bonds is 4. The van der Waals surface area contributed by atoms with E-state index in [9.17, 15) is 0 Å². The minimum absolute atomic E-state index is 0.0351. The van der Waals surface area contributed by atoms with E-state index < -0.39 is 0 Å². The minimum atomic E-state index is -0.0351. The molecule has 0 spiro atoms. The Morgan fingerprint density at radius 1 is 1.62 bits per heavy atom. The highest BCUT2D eigenvalue weighted by molar-refractivity contribution is 5.11. The standard InChI is InChI=1S/C10H13N3/c11-7-10(3-4-10)8-12-6-9-2-1-5-13-9/h1-2,5,12-13H,3-4,6,8H2. The number of nitriles is 1. The molecule has 0 atom stereocenters. The molecule has 0 unspecified atom stereocenters. The highest BCUT2D eigenvalue weighted by Gasteiger charge is 2.42. The molecule has 0 aliphatic heterocycles. The predicted octanol–water partition coefficient (Wildman–Crippen LogP) is 1.41. The number of nitrogens with zero attached hydrogens (tertiary/aromatic N) is 1. The van der Waals surface area contributed by atoms with Gasteiger partial charge in [0, 0.05) is 25.0 Å². The van der Waals surface area contributed by atoms with E-state index in [1.165, 1.54) is 5.69 Å². The van der Waals surface area contributed by atoms with Gasteiger partial charge in [-0.05, 0) is 25.0 Å². The Kier molecular flexibility index (Phi) is 2.07. The molecule has 0 radical (unpaired) electrons. The van der Waals surface area contributed by atoms with Gasteiger partial charge < -0.3 is 10.3 Å². The Bertz CT molecular complexity index is 303. The Morgan fingerprint density at radius 2 is 2.46 bits per heavy atom. The first-order chi connectivity index (χ1) is 6.35. The summed E-state index contributed by atoms with van der Waals surface area (Å²) in [6.07, 6.45) is 4.02. The lowest BCUT2D eigenvalue weighted by Gasteiger charge is -2.06. The Balaban J connectivity index is 1.73. The van der Waals surface area contributed by atoms with Crippen molar-refractivity contribution in [3.8, 4) is 6.07 Å². The third-order valence-electron chi connectivity index (χ3n) is 2.53. The first-order valence-electron chi connectivity index (χ1n) is 4.59. The van der Waals surface area contributed by atoms with Gasteiger partial charge in [-0.2, -0.15) is 5.26 Å². The van der Waals surface area contributed by atoms with Crippen LogP contribution in [0.4, 0.5) is 0 Å². The Morgan fingerprint density at radius 3 is 3.00 bits per heavy atom. The van der Waals surface area contributed by atoms with Crippen LogP contribution >= 0.6 is 0 Å². The topological polar surface area (TPSA) is 51.6 Å². The van der Waals surface area contributed by atoms with Gasteiger partial charge in [0.15, 0.2) is 0 Å². The fourth-order valence-electron chi connectivity index (χ4n) is 1.39. The molecule has 0 saturated heterocycles. The molecule has 3 nitrogen and oxygen atoms in total. The molecular weight excluding hydrogens is 162 g/mol. The number of aromatic amines is 1. The molecule has 1 heterocycles. The van der Waals surface area contributed by atoms with E-state index in [0.29, 0.717) is 0 Å². The molecule has 2 N–H and O–H groups in total. The van der Waals surface area contributed by atoms with Crippen molar-refractivity contribution >= 4 is 0 Å². The van der Waals surface area contributed by atoms with Crippen LogP contribution in [-0.4, -0.2) is 11.5 Å². The second-order valence-electron chi connectivity index (χ2n) is 3.69. The third kappa shape index (κ3) is 1.90. The molecule has 0 aromatic carbocycles.